The van der Waals surface area contributed by atoms with Crippen molar-refractivity contribution in [3.8, 4) is 0 Å². The van der Waals surface area contributed by atoms with Gasteiger partial charge in [-0.15, -0.1) is 0 Å². The van der Waals surface area contributed by atoms with E-state index in [9.17, 15) is 0 Å². The van der Waals surface area contributed by atoms with Gasteiger partial charge in [0.2, 0.25) is 11.9 Å². The van der Waals surface area contributed by atoms with Gasteiger partial charge in [-0.2, -0.15) is 15.0 Å². The summed E-state index contributed by atoms with van der Waals surface area (Å²) in [4.78, 5) is 27.9. The Bertz CT molecular complexity index is 1540. The van der Waals surface area contributed by atoms with Crippen LogP contribution in [0.1, 0.15) is 22.3 Å². The van der Waals surface area contributed by atoms with E-state index in [-0.39, 0.29) is 0 Å². The second-order valence-corrected chi connectivity index (χ2v) is 7.65. The van der Waals surface area contributed by atoms with Crippen LogP contribution in [0.2, 0.25) is 0 Å². The van der Waals surface area contributed by atoms with Crippen LogP contribution >= 0.6 is 0 Å². The highest BCUT2D eigenvalue weighted by Crippen LogP contribution is 2.27. The zero-order valence-corrected chi connectivity index (χ0v) is 17.1. The molecule has 4 aliphatic rings. The molecule has 156 valence electrons. The predicted octanol–water partition coefficient (Wildman–Crippen LogP) is 2.98. The monoisotopic (exact) mass is 429 g/mol. The highest BCUT2D eigenvalue weighted by atomic mass is 15.5. The number of hydrogen-bond donors (Lipinski definition) is 3. The highest BCUT2D eigenvalue weighted by molar-refractivity contribution is 6.28. The van der Waals surface area contributed by atoms with Crippen molar-refractivity contribution < 1.29 is 0 Å². The number of nitrogens with zero attached hydrogens (tertiary/aromatic N) is 6. The van der Waals surface area contributed by atoms with Crippen LogP contribution in [-0.2, 0) is 0 Å². The van der Waals surface area contributed by atoms with Gasteiger partial charge in [-0.1, -0.05) is 54.6 Å². The number of anilines is 1. The summed E-state index contributed by atoms with van der Waals surface area (Å²) in [5.41, 5.74) is 11.3. The fourth-order valence-corrected chi connectivity index (χ4v) is 4.04. The molecule has 9 nitrogen and oxygen atoms in total. The van der Waals surface area contributed by atoms with Gasteiger partial charge in [0.15, 0.2) is 17.5 Å². The lowest BCUT2D eigenvalue weighted by Gasteiger charge is -2.08. The molecule has 33 heavy (non-hydrogen) atoms. The fraction of sp³-hybridized carbons (Fsp3) is 0. The minimum atomic E-state index is 0.367. The second-order valence-electron chi connectivity index (χ2n) is 7.65. The first-order chi connectivity index (χ1) is 16.3. The Morgan fingerprint density at radius 2 is 1.12 bits per heavy atom. The normalized spacial score (nSPS) is 17.1. The highest BCUT2D eigenvalue weighted by Gasteiger charge is 2.25. The molecule has 4 heterocycles. The maximum atomic E-state index is 4.81. The van der Waals surface area contributed by atoms with Gasteiger partial charge in [0.25, 0.3) is 0 Å². The molecule has 3 aromatic rings. The van der Waals surface area contributed by atoms with Crippen LogP contribution in [0, 0.1) is 0 Å². The van der Waals surface area contributed by atoms with Crippen molar-refractivity contribution in [2.45, 2.75) is 0 Å². The Morgan fingerprint density at radius 3 is 1.91 bits per heavy atom. The standard InChI is InChI=1S/C24H15N9/c1-3-10-17-15(8-1)19-25-13-6-5-7-14(12-13)26-20-16-9-2-4-11-18(16)22(28-20)30-24-31-23(32-33-24)29-21(17)27-19/h1-12H,(H3,25,26,27,28,29,30,31,32,33). The Balaban J connectivity index is 1.45. The molecule has 8 bridgehead atoms. The maximum Gasteiger partial charge on any atom is 0.247 e. The van der Waals surface area contributed by atoms with E-state index in [2.05, 4.69) is 31.1 Å². The van der Waals surface area contributed by atoms with Gasteiger partial charge in [0.05, 0.1) is 5.69 Å². The van der Waals surface area contributed by atoms with Crippen LogP contribution in [0.15, 0.2) is 103 Å². The van der Waals surface area contributed by atoms with Crippen molar-refractivity contribution in [3.05, 3.63) is 95.1 Å². The number of nitrogens with one attached hydrogen (secondary N) is 3. The second kappa shape index (κ2) is 6.79. The maximum absolute atomic E-state index is 4.81. The molecule has 9 heteroatoms. The predicted molar refractivity (Wildman–Crippen MR) is 130 cm³/mol. The molecule has 7 rings (SSSR count). The molecule has 4 aliphatic heterocycles. The summed E-state index contributed by atoms with van der Waals surface area (Å²) in [7, 11) is 0. The van der Waals surface area contributed by atoms with Gasteiger partial charge >= 0.3 is 0 Å². The molecule has 0 saturated heterocycles. The Labute approximate surface area is 188 Å². The van der Waals surface area contributed by atoms with Crippen LogP contribution in [0.4, 0.5) is 11.4 Å². The minimum Gasteiger partial charge on any atom is -0.340 e. The molecular formula is C24H15N9. The molecule has 0 aromatic heterocycles. The number of rotatable bonds is 0. The molecule has 0 unspecified atom stereocenters. The van der Waals surface area contributed by atoms with Crippen molar-refractivity contribution in [2.75, 3.05) is 5.32 Å². The van der Waals surface area contributed by atoms with Gasteiger partial charge in [-0.3, -0.25) is 10.9 Å². The van der Waals surface area contributed by atoms with E-state index in [4.69, 9.17) is 15.0 Å². The fourth-order valence-electron chi connectivity index (χ4n) is 4.04. The van der Waals surface area contributed by atoms with Crippen LogP contribution in [0.25, 0.3) is 0 Å². The summed E-state index contributed by atoms with van der Waals surface area (Å²) in [6.07, 6.45) is 0. The van der Waals surface area contributed by atoms with Crippen molar-refractivity contribution >= 4 is 46.6 Å². The van der Waals surface area contributed by atoms with E-state index in [0.717, 1.165) is 33.6 Å². The first-order valence-corrected chi connectivity index (χ1v) is 10.4. The van der Waals surface area contributed by atoms with Crippen LogP contribution in [0.3, 0.4) is 0 Å². The van der Waals surface area contributed by atoms with Gasteiger partial charge in [-0.25, -0.2) is 15.0 Å². The molecular weight excluding hydrogens is 414 g/mol. The Hall–Kier alpha value is -4.92. The summed E-state index contributed by atoms with van der Waals surface area (Å²) < 4.78 is 0. The lowest BCUT2D eigenvalue weighted by Crippen LogP contribution is -2.32. The van der Waals surface area contributed by atoms with E-state index in [1.54, 1.807) is 0 Å². The number of benzene rings is 3. The zero-order chi connectivity index (χ0) is 21.8. The van der Waals surface area contributed by atoms with Gasteiger partial charge in [-0.05, 0) is 18.2 Å². The van der Waals surface area contributed by atoms with E-state index in [1.807, 2.05) is 72.8 Å². The largest absolute Gasteiger partial charge is 0.340 e. The van der Waals surface area contributed by atoms with Crippen LogP contribution in [0.5, 0.6) is 0 Å². The number of hydrazine groups is 1. The molecule has 0 spiro atoms. The summed E-state index contributed by atoms with van der Waals surface area (Å²) >= 11 is 0. The average molecular weight is 429 g/mol. The number of fused-ring (bicyclic) bond motifs is 11. The smallest absolute Gasteiger partial charge is 0.247 e. The summed E-state index contributed by atoms with van der Waals surface area (Å²) in [5, 5.41) is 3.42. The van der Waals surface area contributed by atoms with Crippen molar-refractivity contribution in [3.63, 3.8) is 0 Å². The average Bonchev–Trinajstić information content (AvgIpc) is 3.52. The third-order valence-electron chi connectivity index (χ3n) is 5.53. The van der Waals surface area contributed by atoms with Gasteiger partial charge < -0.3 is 5.32 Å². The molecule has 3 N–H and O–H groups in total. The molecule has 0 saturated carbocycles. The molecule has 0 fully saturated rings. The number of amidine groups is 4. The topological polar surface area (TPSA) is 110 Å². The van der Waals surface area contributed by atoms with E-state index in [1.165, 1.54) is 0 Å². The quantitative estimate of drug-likeness (QED) is 0.511. The molecule has 0 aliphatic carbocycles. The minimum absolute atomic E-state index is 0.367. The van der Waals surface area contributed by atoms with Gasteiger partial charge in [0.1, 0.15) is 5.84 Å². The van der Waals surface area contributed by atoms with Crippen LogP contribution < -0.4 is 16.2 Å². The lowest BCUT2D eigenvalue weighted by atomic mass is 10.1. The summed E-state index contributed by atoms with van der Waals surface area (Å²) in [6.45, 7) is 0. The van der Waals surface area contributed by atoms with E-state index >= 15 is 0 Å². The third kappa shape index (κ3) is 2.94. The third-order valence-corrected chi connectivity index (χ3v) is 5.53. The Morgan fingerprint density at radius 1 is 0.485 bits per heavy atom. The molecule has 0 atom stereocenters. The SMILES string of the molecule is c1cc2cc(c1)NC1=NC(=NC3=NC(=NC4=NC(=N2)c2ccccc24)NN3)c2ccccc21. The molecule has 3 aromatic carbocycles. The number of guanidine groups is 2. The lowest BCUT2D eigenvalue weighted by molar-refractivity contribution is 0.890. The van der Waals surface area contributed by atoms with Crippen molar-refractivity contribution in [2.24, 2.45) is 30.0 Å². The number of hydrogen-bond acceptors (Lipinski definition) is 9. The molecule has 0 radical (unpaired) electrons. The van der Waals surface area contributed by atoms with Crippen molar-refractivity contribution in [1.82, 2.24) is 10.9 Å². The number of aliphatic imine (C=N–C) groups is 6. The first kappa shape index (κ1) is 17.7. The van der Waals surface area contributed by atoms with Crippen LogP contribution in [-0.4, -0.2) is 35.3 Å². The van der Waals surface area contributed by atoms with Gasteiger partial charge in [0, 0.05) is 27.9 Å². The van der Waals surface area contributed by atoms with E-state index < -0.39 is 0 Å². The molecule has 0 amide bonds. The zero-order valence-electron chi connectivity index (χ0n) is 17.1. The first-order valence-electron chi connectivity index (χ1n) is 10.4. The van der Waals surface area contributed by atoms with Crippen molar-refractivity contribution in [1.29, 1.82) is 0 Å². The Kier molecular flexibility index (Phi) is 3.65. The van der Waals surface area contributed by atoms with E-state index in [0.29, 0.717) is 35.3 Å². The summed E-state index contributed by atoms with van der Waals surface area (Å²) in [5.74, 6) is 3.17. The summed E-state index contributed by atoms with van der Waals surface area (Å²) in [6, 6.07) is 23.7.